The zero-order valence-electron chi connectivity index (χ0n) is 16.2. The van der Waals surface area contributed by atoms with E-state index in [9.17, 15) is 4.79 Å². The third-order valence-corrected chi connectivity index (χ3v) is 5.77. The maximum Gasteiger partial charge on any atom is 0.336 e. The van der Waals surface area contributed by atoms with E-state index in [0.717, 1.165) is 43.7 Å². The van der Waals surface area contributed by atoms with Crippen molar-refractivity contribution in [3.63, 3.8) is 0 Å². The van der Waals surface area contributed by atoms with E-state index in [1.807, 2.05) is 60.7 Å². The van der Waals surface area contributed by atoms with Gasteiger partial charge in [-0.1, -0.05) is 34.1 Å². The second kappa shape index (κ2) is 7.54. The molecule has 0 N–H and O–H groups in total. The van der Waals surface area contributed by atoms with Gasteiger partial charge in [0.15, 0.2) is 6.73 Å². The van der Waals surface area contributed by atoms with Gasteiger partial charge >= 0.3 is 5.63 Å². The molecule has 0 unspecified atom stereocenters. The Morgan fingerprint density at radius 1 is 1.03 bits per heavy atom. The maximum absolute atomic E-state index is 12.4. The number of hydrogen-bond donors (Lipinski definition) is 0. The summed E-state index contributed by atoms with van der Waals surface area (Å²) < 4.78 is 17.9. The van der Waals surface area contributed by atoms with Crippen molar-refractivity contribution in [2.45, 2.75) is 6.54 Å². The number of benzene rings is 3. The Labute approximate surface area is 181 Å². The molecule has 0 atom stereocenters. The molecule has 150 valence electrons. The van der Waals surface area contributed by atoms with Gasteiger partial charge in [-0.05, 0) is 53.6 Å². The molecule has 5 nitrogen and oxygen atoms in total. The van der Waals surface area contributed by atoms with Crippen LogP contribution in [0.1, 0.15) is 5.56 Å². The van der Waals surface area contributed by atoms with Crippen LogP contribution in [0.4, 0.5) is 5.69 Å². The highest BCUT2D eigenvalue weighted by Crippen LogP contribution is 2.37. The Bertz CT molecular complexity index is 1300. The van der Waals surface area contributed by atoms with E-state index in [1.165, 1.54) is 6.07 Å². The quantitative estimate of drug-likeness (QED) is 0.370. The van der Waals surface area contributed by atoms with Crippen molar-refractivity contribution in [1.82, 2.24) is 0 Å². The third-order valence-electron chi connectivity index (χ3n) is 5.27. The number of halogens is 1. The Balaban J connectivity index is 1.64. The number of anilines is 1. The zero-order valence-corrected chi connectivity index (χ0v) is 17.8. The Morgan fingerprint density at radius 2 is 1.87 bits per heavy atom. The normalized spacial score (nSPS) is 13.1. The highest BCUT2D eigenvalue weighted by atomic mass is 79.9. The first-order valence-electron chi connectivity index (χ1n) is 9.50. The molecule has 0 spiro atoms. The molecule has 0 radical (unpaired) electrons. The van der Waals surface area contributed by atoms with Crippen molar-refractivity contribution in [2.75, 3.05) is 18.7 Å². The summed E-state index contributed by atoms with van der Waals surface area (Å²) in [4.78, 5) is 14.5. The SMILES string of the molecule is COc1ccc(-c2cc(=O)oc3c4c(ccc23)OCN(c2cccc(Br)c2)C4)cc1. The van der Waals surface area contributed by atoms with Gasteiger partial charge in [0.1, 0.15) is 17.1 Å². The van der Waals surface area contributed by atoms with Gasteiger partial charge in [0.05, 0.1) is 19.2 Å². The number of methoxy groups -OCH3 is 1. The summed E-state index contributed by atoms with van der Waals surface area (Å²) in [5.74, 6) is 1.50. The number of ether oxygens (including phenoxy) is 2. The molecule has 2 heterocycles. The van der Waals surface area contributed by atoms with E-state index in [0.29, 0.717) is 18.9 Å². The zero-order chi connectivity index (χ0) is 20.7. The summed E-state index contributed by atoms with van der Waals surface area (Å²) in [5, 5.41) is 0.873. The van der Waals surface area contributed by atoms with Gasteiger partial charge in [-0.2, -0.15) is 0 Å². The van der Waals surface area contributed by atoms with Gasteiger partial charge in [0.2, 0.25) is 0 Å². The van der Waals surface area contributed by atoms with Crippen molar-refractivity contribution in [3.05, 3.63) is 87.2 Å². The summed E-state index contributed by atoms with van der Waals surface area (Å²) in [6.07, 6.45) is 0. The first-order chi connectivity index (χ1) is 14.6. The van der Waals surface area contributed by atoms with Crippen molar-refractivity contribution in [3.8, 4) is 22.6 Å². The van der Waals surface area contributed by atoms with E-state index in [1.54, 1.807) is 7.11 Å². The van der Waals surface area contributed by atoms with Crippen LogP contribution in [0.15, 0.2) is 80.4 Å². The summed E-state index contributed by atoms with van der Waals surface area (Å²) >= 11 is 3.52. The summed E-state index contributed by atoms with van der Waals surface area (Å²) in [6.45, 7) is 1.01. The lowest BCUT2D eigenvalue weighted by Crippen LogP contribution is -2.32. The van der Waals surface area contributed by atoms with Gasteiger partial charge in [0, 0.05) is 21.6 Å². The minimum atomic E-state index is -0.388. The standard InChI is InChI=1S/C24H18BrNO4/c1-28-18-7-5-15(6-8-18)20-12-23(27)30-24-19(20)9-10-22-21(24)13-26(14-29-22)17-4-2-3-16(25)11-17/h2-12H,13-14H2,1H3. The summed E-state index contributed by atoms with van der Waals surface area (Å²) in [6, 6.07) is 21.1. The van der Waals surface area contributed by atoms with Crippen LogP contribution in [-0.4, -0.2) is 13.8 Å². The van der Waals surface area contributed by atoms with Crippen LogP contribution in [0.2, 0.25) is 0 Å². The van der Waals surface area contributed by atoms with Crippen molar-refractivity contribution in [2.24, 2.45) is 0 Å². The summed E-state index contributed by atoms with van der Waals surface area (Å²) in [7, 11) is 1.63. The molecule has 0 fully saturated rings. The van der Waals surface area contributed by atoms with E-state index in [4.69, 9.17) is 13.9 Å². The van der Waals surface area contributed by atoms with Gasteiger partial charge in [-0.15, -0.1) is 0 Å². The first kappa shape index (κ1) is 18.8. The number of hydrogen-bond acceptors (Lipinski definition) is 5. The second-order valence-electron chi connectivity index (χ2n) is 7.08. The molecule has 1 aliphatic heterocycles. The largest absolute Gasteiger partial charge is 0.497 e. The molecule has 1 aromatic heterocycles. The molecule has 1 aliphatic rings. The van der Waals surface area contributed by atoms with Crippen molar-refractivity contribution in [1.29, 1.82) is 0 Å². The number of nitrogens with zero attached hydrogens (tertiary/aromatic N) is 1. The van der Waals surface area contributed by atoms with Crippen LogP contribution in [0.25, 0.3) is 22.1 Å². The topological polar surface area (TPSA) is 51.9 Å². The predicted molar refractivity (Wildman–Crippen MR) is 120 cm³/mol. The van der Waals surface area contributed by atoms with E-state index in [-0.39, 0.29) is 5.63 Å². The van der Waals surface area contributed by atoms with Crippen molar-refractivity contribution >= 4 is 32.6 Å². The summed E-state index contributed by atoms with van der Waals surface area (Å²) in [5.41, 5.74) is 3.82. The maximum atomic E-state index is 12.4. The van der Waals surface area contributed by atoms with Crippen LogP contribution < -0.4 is 20.0 Å². The van der Waals surface area contributed by atoms with Gasteiger partial charge in [-0.3, -0.25) is 0 Å². The minimum Gasteiger partial charge on any atom is -0.497 e. The number of rotatable bonds is 3. The van der Waals surface area contributed by atoms with Crippen LogP contribution in [0.3, 0.4) is 0 Å². The minimum absolute atomic E-state index is 0.388. The molecule has 0 bridgehead atoms. The lowest BCUT2D eigenvalue weighted by molar-refractivity contribution is 0.289. The fourth-order valence-corrected chi connectivity index (χ4v) is 4.17. The predicted octanol–water partition coefficient (Wildman–Crippen LogP) is 5.59. The van der Waals surface area contributed by atoms with E-state index in [2.05, 4.69) is 20.8 Å². The lowest BCUT2D eigenvalue weighted by Gasteiger charge is -2.31. The van der Waals surface area contributed by atoms with Crippen molar-refractivity contribution < 1.29 is 13.9 Å². The average molecular weight is 464 g/mol. The molecule has 3 aromatic carbocycles. The molecule has 6 heteroatoms. The Hall–Kier alpha value is -3.25. The van der Waals surface area contributed by atoms with Gasteiger partial charge < -0.3 is 18.8 Å². The molecule has 0 aliphatic carbocycles. The highest BCUT2D eigenvalue weighted by Gasteiger charge is 2.23. The fraction of sp³-hybridized carbons (Fsp3) is 0.125. The Morgan fingerprint density at radius 3 is 2.63 bits per heavy atom. The molecule has 30 heavy (non-hydrogen) atoms. The molecule has 0 saturated carbocycles. The van der Waals surface area contributed by atoms with Crippen LogP contribution in [-0.2, 0) is 6.54 Å². The van der Waals surface area contributed by atoms with Gasteiger partial charge in [-0.25, -0.2) is 4.79 Å². The smallest absolute Gasteiger partial charge is 0.336 e. The highest BCUT2D eigenvalue weighted by molar-refractivity contribution is 9.10. The first-order valence-corrected chi connectivity index (χ1v) is 10.3. The average Bonchev–Trinajstić information content (AvgIpc) is 2.78. The molecular formula is C24H18BrNO4. The van der Waals surface area contributed by atoms with E-state index >= 15 is 0 Å². The number of fused-ring (bicyclic) bond motifs is 3. The fourth-order valence-electron chi connectivity index (χ4n) is 3.78. The lowest BCUT2D eigenvalue weighted by atomic mass is 9.99. The second-order valence-corrected chi connectivity index (χ2v) is 7.99. The van der Waals surface area contributed by atoms with Crippen LogP contribution >= 0.6 is 15.9 Å². The monoisotopic (exact) mass is 463 g/mol. The molecule has 5 rings (SSSR count). The van der Waals surface area contributed by atoms with Gasteiger partial charge in [0.25, 0.3) is 0 Å². The van der Waals surface area contributed by atoms with Crippen LogP contribution in [0.5, 0.6) is 11.5 Å². The molecular weight excluding hydrogens is 446 g/mol. The Kier molecular flexibility index (Phi) is 4.71. The molecule has 4 aromatic rings. The third kappa shape index (κ3) is 3.33. The molecule has 0 amide bonds. The van der Waals surface area contributed by atoms with Crippen LogP contribution in [0, 0.1) is 0 Å². The molecule has 0 saturated heterocycles. The van der Waals surface area contributed by atoms with E-state index < -0.39 is 0 Å².